The monoisotopic (exact) mass is 292 g/mol. The molecule has 1 N–H and O–H groups in total. The van der Waals surface area contributed by atoms with Crippen molar-refractivity contribution in [1.82, 2.24) is 4.98 Å². The van der Waals surface area contributed by atoms with Gasteiger partial charge in [0, 0.05) is 11.1 Å². The summed E-state index contributed by atoms with van der Waals surface area (Å²) < 4.78 is 0. The summed E-state index contributed by atoms with van der Waals surface area (Å²) in [5.74, 6) is -0.0996. The van der Waals surface area contributed by atoms with E-state index < -0.39 is 0 Å². The van der Waals surface area contributed by atoms with Gasteiger partial charge in [0.05, 0.1) is 10.6 Å². The summed E-state index contributed by atoms with van der Waals surface area (Å²) in [5.41, 5.74) is 2.84. The molecule has 0 fully saturated rings. The van der Waals surface area contributed by atoms with Crippen LogP contribution in [-0.2, 0) is 12.8 Å². The largest absolute Gasteiger partial charge is 0.318 e. The molecule has 2 aromatic rings. The zero-order valence-corrected chi connectivity index (χ0v) is 12.1. The van der Waals surface area contributed by atoms with Crippen LogP contribution in [0.1, 0.15) is 32.1 Å². The Kier molecular flexibility index (Phi) is 3.29. The van der Waals surface area contributed by atoms with Crippen molar-refractivity contribution >= 4 is 34.5 Å². The molecule has 5 heteroatoms. The fourth-order valence-corrected chi connectivity index (χ4v) is 3.69. The maximum atomic E-state index is 12.2. The minimum absolute atomic E-state index is 0.0996. The lowest BCUT2D eigenvalue weighted by Gasteiger charge is -2.08. The van der Waals surface area contributed by atoms with E-state index in [1.165, 1.54) is 16.9 Å². The Morgan fingerprint density at radius 1 is 1.47 bits per heavy atom. The number of anilines is 1. The van der Waals surface area contributed by atoms with E-state index in [1.54, 1.807) is 17.5 Å². The third-order valence-electron chi connectivity index (χ3n) is 3.32. The van der Waals surface area contributed by atoms with Gasteiger partial charge in [-0.3, -0.25) is 4.79 Å². The van der Waals surface area contributed by atoms with Crippen LogP contribution >= 0.6 is 22.9 Å². The molecule has 0 aromatic carbocycles. The smallest absolute Gasteiger partial charge is 0.265 e. The summed E-state index contributed by atoms with van der Waals surface area (Å²) in [7, 11) is 0. The standard InChI is InChI=1S/C14H13ClN2OS/c1-8-5-6-16-13(15)12(8)17-14(18)11-7-9-3-2-4-10(9)19-11/h5-7H,2-4H2,1H3,(H,17,18). The highest BCUT2D eigenvalue weighted by atomic mass is 35.5. The van der Waals surface area contributed by atoms with Gasteiger partial charge in [0.25, 0.3) is 5.91 Å². The average molecular weight is 293 g/mol. The molecule has 19 heavy (non-hydrogen) atoms. The fraction of sp³-hybridized carbons (Fsp3) is 0.286. The molecule has 1 aliphatic carbocycles. The molecule has 0 atom stereocenters. The molecule has 0 saturated carbocycles. The van der Waals surface area contributed by atoms with Crippen LogP contribution in [0.4, 0.5) is 5.69 Å². The lowest BCUT2D eigenvalue weighted by Crippen LogP contribution is -2.12. The van der Waals surface area contributed by atoms with Crippen LogP contribution in [0.15, 0.2) is 18.3 Å². The number of nitrogens with zero attached hydrogens (tertiary/aromatic N) is 1. The number of nitrogens with one attached hydrogen (secondary N) is 1. The number of aromatic nitrogens is 1. The average Bonchev–Trinajstić information content (AvgIpc) is 2.94. The quantitative estimate of drug-likeness (QED) is 0.854. The van der Waals surface area contributed by atoms with Gasteiger partial charge in [-0.15, -0.1) is 11.3 Å². The number of thiophene rings is 1. The van der Waals surface area contributed by atoms with Gasteiger partial charge in [0.15, 0.2) is 5.15 Å². The molecule has 2 heterocycles. The first kappa shape index (κ1) is 12.6. The highest BCUT2D eigenvalue weighted by molar-refractivity contribution is 7.14. The normalized spacial score (nSPS) is 13.4. The number of rotatable bonds is 2. The van der Waals surface area contributed by atoms with Gasteiger partial charge in [-0.25, -0.2) is 4.98 Å². The predicted molar refractivity (Wildman–Crippen MR) is 78.3 cm³/mol. The molecule has 0 saturated heterocycles. The van der Waals surface area contributed by atoms with Crippen molar-refractivity contribution in [2.45, 2.75) is 26.2 Å². The van der Waals surface area contributed by atoms with E-state index in [4.69, 9.17) is 11.6 Å². The summed E-state index contributed by atoms with van der Waals surface area (Å²) in [6, 6.07) is 3.83. The number of pyridine rings is 1. The summed E-state index contributed by atoms with van der Waals surface area (Å²) in [4.78, 5) is 18.3. The van der Waals surface area contributed by atoms with E-state index >= 15 is 0 Å². The Morgan fingerprint density at radius 2 is 2.32 bits per heavy atom. The zero-order chi connectivity index (χ0) is 13.4. The summed E-state index contributed by atoms with van der Waals surface area (Å²) in [6.45, 7) is 1.90. The molecular weight excluding hydrogens is 280 g/mol. The van der Waals surface area contributed by atoms with Gasteiger partial charge in [0.1, 0.15) is 0 Å². The number of amides is 1. The van der Waals surface area contributed by atoms with Gasteiger partial charge in [-0.05, 0) is 49.4 Å². The number of carbonyl (C=O) groups is 1. The maximum Gasteiger partial charge on any atom is 0.265 e. The van der Waals surface area contributed by atoms with E-state index in [-0.39, 0.29) is 5.91 Å². The van der Waals surface area contributed by atoms with Crippen molar-refractivity contribution in [1.29, 1.82) is 0 Å². The molecule has 98 valence electrons. The number of hydrogen-bond donors (Lipinski definition) is 1. The van der Waals surface area contributed by atoms with Crippen molar-refractivity contribution in [3.05, 3.63) is 44.4 Å². The number of hydrogen-bond acceptors (Lipinski definition) is 3. The molecule has 0 unspecified atom stereocenters. The lowest BCUT2D eigenvalue weighted by molar-refractivity contribution is 0.103. The van der Waals surface area contributed by atoms with E-state index in [2.05, 4.69) is 10.3 Å². The van der Waals surface area contributed by atoms with Crippen LogP contribution in [0.25, 0.3) is 0 Å². The topological polar surface area (TPSA) is 42.0 Å². The Balaban J connectivity index is 1.85. The molecule has 0 aliphatic heterocycles. The highest BCUT2D eigenvalue weighted by Crippen LogP contribution is 2.31. The van der Waals surface area contributed by atoms with E-state index in [0.717, 1.165) is 23.3 Å². The second-order valence-electron chi connectivity index (χ2n) is 4.66. The summed E-state index contributed by atoms with van der Waals surface area (Å²) in [6.07, 6.45) is 5.02. The van der Waals surface area contributed by atoms with E-state index in [1.807, 2.05) is 19.1 Å². The molecule has 1 aliphatic rings. The first-order valence-corrected chi connectivity index (χ1v) is 7.38. The summed E-state index contributed by atoms with van der Waals surface area (Å²) >= 11 is 7.60. The van der Waals surface area contributed by atoms with Crippen molar-refractivity contribution in [2.75, 3.05) is 5.32 Å². The lowest BCUT2D eigenvalue weighted by atomic mass is 10.2. The molecule has 3 rings (SSSR count). The SMILES string of the molecule is Cc1ccnc(Cl)c1NC(=O)c1cc2c(s1)CCC2. The first-order chi connectivity index (χ1) is 9.15. The van der Waals surface area contributed by atoms with Crippen LogP contribution in [-0.4, -0.2) is 10.9 Å². The summed E-state index contributed by atoms with van der Waals surface area (Å²) in [5, 5.41) is 3.19. The van der Waals surface area contributed by atoms with Gasteiger partial charge in [-0.1, -0.05) is 11.6 Å². The van der Waals surface area contributed by atoms with Crippen LogP contribution in [0.5, 0.6) is 0 Å². The number of fused-ring (bicyclic) bond motifs is 1. The van der Waals surface area contributed by atoms with Crippen molar-refractivity contribution in [3.63, 3.8) is 0 Å². The van der Waals surface area contributed by atoms with Gasteiger partial charge >= 0.3 is 0 Å². The fourth-order valence-electron chi connectivity index (χ4n) is 2.29. The molecule has 3 nitrogen and oxygen atoms in total. The zero-order valence-electron chi connectivity index (χ0n) is 10.5. The highest BCUT2D eigenvalue weighted by Gasteiger charge is 2.19. The molecule has 0 radical (unpaired) electrons. The third-order valence-corrected chi connectivity index (χ3v) is 4.84. The first-order valence-electron chi connectivity index (χ1n) is 6.19. The second kappa shape index (κ2) is 4.94. The van der Waals surface area contributed by atoms with Gasteiger partial charge in [0.2, 0.25) is 0 Å². The van der Waals surface area contributed by atoms with Crippen LogP contribution in [0, 0.1) is 6.92 Å². The second-order valence-corrected chi connectivity index (χ2v) is 6.16. The Bertz CT molecular complexity index is 609. The van der Waals surface area contributed by atoms with Gasteiger partial charge < -0.3 is 5.32 Å². The van der Waals surface area contributed by atoms with Crippen molar-refractivity contribution < 1.29 is 4.79 Å². The van der Waals surface area contributed by atoms with E-state index in [9.17, 15) is 4.79 Å². The number of carbonyl (C=O) groups excluding carboxylic acids is 1. The minimum atomic E-state index is -0.0996. The molecule has 0 spiro atoms. The van der Waals surface area contributed by atoms with Crippen molar-refractivity contribution in [3.8, 4) is 0 Å². The molecule has 1 amide bonds. The molecular formula is C14H13ClN2OS. The number of halogens is 1. The minimum Gasteiger partial charge on any atom is -0.318 e. The maximum absolute atomic E-state index is 12.2. The van der Waals surface area contributed by atoms with E-state index in [0.29, 0.717) is 10.8 Å². The Labute approximate surface area is 120 Å². The molecule has 2 aromatic heterocycles. The van der Waals surface area contributed by atoms with Gasteiger partial charge in [-0.2, -0.15) is 0 Å². The Morgan fingerprint density at radius 3 is 3.05 bits per heavy atom. The Hall–Kier alpha value is -1.39. The third kappa shape index (κ3) is 2.38. The van der Waals surface area contributed by atoms with Crippen LogP contribution in [0.2, 0.25) is 5.15 Å². The molecule has 0 bridgehead atoms. The predicted octanol–water partition coefficient (Wildman–Crippen LogP) is 3.85. The van der Waals surface area contributed by atoms with Crippen LogP contribution < -0.4 is 5.32 Å². The van der Waals surface area contributed by atoms with Crippen molar-refractivity contribution in [2.24, 2.45) is 0 Å². The number of aryl methyl sites for hydroxylation is 3. The van der Waals surface area contributed by atoms with Crippen LogP contribution in [0.3, 0.4) is 0 Å².